The number of nitrogens with one attached hydrogen (secondary N) is 1. The lowest BCUT2D eigenvalue weighted by molar-refractivity contribution is -0.385. The number of nitro benzene ring substituents is 1. The third-order valence-corrected chi connectivity index (χ3v) is 3.42. The molecule has 0 aliphatic carbocycles. The standard InChI is InChI=1S/C17H16N2O6/c20-16(21)14(10-12-6-2-1-3-7-12)18-17(22)25-11-13-8-4-5-9-15(13)19(23)24/h1-9,14H,10-11H2,(H,18,22)(H,20,21)/t14-/m1/s1. The number of carboxylic acids is 1. The topological polar surface area (TPSA) is 119 Å². The first-order valence-corrected chi connectivity index (χ1v) is 7.39. The lowest BCUT2D eigenvalue weighted by Gasteiger charge is -2.14. The molecule has 0 saturated carbocycles. The smallest absolute Gasteiger partial charge is 0.408 e. The number of hydrogen-bond acceptors (Lipinski definition) is 5. The summed E-state index contributed by atoms with van der Waals surface area (Å²) in [5.74, 6) is -1.20. The number of carboxylic acid groups (broad SMARTS) is 1. The number of amides is 1. The van der Waals surface area contributed by atoms with Crippen LogP contribution in [0.1, 0.15) is 11.1 Å². The van der Waals surface area contributed by atoms with Crippen LogP contribution in [-0.2, 0) is 22.6 Å². The molecule has 0 radical (unpaired) electrons. The van der Waals surface area contributed by atoms with Gasteiger partial charge in [0.15, 0.2) is 0 Å². The predicted molar refractivity (Wildman–Crippen MR) is 88.0 cm³/mol. The molecule has 0 saturated heterocycles. The Kier molecular flexibility index (Phi) is 6.05. The van der Waals surface area contributed by atoms with Crippen LogP contribution in [0.4, 0.5) is 10.5 Å². The fourth-order valence-corrected chi connectivity index (χ4v) is 2.19. The Morgan fingerprint density at radius 3 is 2.40 bits per heavy atom. The number of nitro groups is 1. The molecular formula is C17H16N2O6. The van der Waals surface area contributed by atoms with Crippen molar-refractivity contribution < 1.29 is 24.4 Å². The molecule has 0 unspecified atom stereocenters. The second-order valence-corrected chi connectivity index (χ2v) is 5.19. The maximum Gasteiger partial charge on any atom is 0.408 e. The number of nitrogens with zero attached hydrogens (tertiary/aromatic N) is 1. The molecule has 8 heteroatoms. The van der Waals surface area contributed by atoms with Crippen LogP contribution in [0, 0.1) is 10.1 Å². The summed E-state index contributed by atoms with van der Waals surface area (Å²) in [5, 5.41) is 22.4. The number of alkyl carbamates (subject to hydrolysis) is 1. The van der Waals surface area contributed by atoms with Crippen LogP contribution in [0.3, 0.4) is 0 Å². The van der Waals surface area contributed by atoms with Gasteiger partial charge in [-0.2, -0.15) is 0 Å². The molecule has 1 amide bonds. The summed E-state index contributed by atoms with van der Waals surface area (Å²) < 4.78 is 4.92. The first kappa shape index (κ1) is 17.9. The van der Waals surface area contributed by atoms with Crippen LogP contribution in [-0.4, -0.2) is 28.1 Å². The third kappa shape index (κ3) is 5.31. The van der Waals surface area contributed by atoms with Gasteiger partial charge in [-0.15, -0.1) is 0 Å². The molecule has 25 heavy (non-hydrogen) atoms. The van der Waals surface area contributed by atoms with Crippen molar-refractivity contribution >= 4 is 17.7 Å². The first-order chi connectivity index (χ1) is 12.0. The van der Waals surface area contributed by atoms with E-state index in [9.17, 15) is 24.8 Å². The van der Waals surface area contributed by atoms with Gasteiger partial charge in [0.1, 0.15) is 12.6 Å². The van der Waals surface area contributed by atoms with Crippen molar-refractivity contribution in [2.24, 2.45) is 0 Å². The van der Waals surface area contributed by atoms with Crippen LogP contribution in [0.5, 0.6) is 0 Å². The summed E-state index contributed by atoms with van der Waals surface area (Å²) in [5.41, 5.74) is 0.792. The lowest BCUT2D eigenvalue weighted by Crippen LogP contribution is -2.42. The van der Waals surface area contributed by atoms with Crippen LogP contribution >= 0.6 is 0 Å². The molecule has 0 aliphatic heterocycles. The Labute approximate surface area is 143 Å². The van der Waals surface area contributed by atoms with E-state index in [-0.39, 0.29) is 24.3 Å². The zero-order valence-corrected chi connectivity index (χ0v) is 13.1. The number of benzene rings is 2. The Morgan fingerprint density at radius 2 is 1.76 bits per heavy atom. The van der Waals surface area contributed by atoms with Crippen molar-refractivity contribution in [3.8, 4) is 0 Å². The Morgan fingerprint density at radius 1 is 1.12 bits per heavy atom. The molecule has 0 aliphatic rings. The second-order valence-electron chi connectivity index (χ2n) is 5.19. The Hall–Kier alpha value is -3.42. The maximum atomic E-state index is 11.8. The number of carbonyl (C=O) groups is 2. The number of aliphatic carboxylic acids is 1. The summed E-state index contributed by atoms with van der Waals surface area (Å²) >= 11 is 0. The first-order valence-electron chi connectivity index (χ1n) is 7.39. The van der Waals surface area contributed by atoms with Gasteiger partial charge in [-0.3, -0.25) is 10.1 Å². The monoisotopic (exact) mass is 344 g/mol. The molecule has 0 fully saturated rings. The highest BCUT2D eigenvalue weighted by atomic mass is 16.6. The van der Waals surface area contributed by atoms with E-state index < -0.39 is 23.0 Å². The minimum atomic E-state index is -1.20. The molecule has 0 aromatic heterocycles. The van der Waals surface area contributed by atoms with E-state index in [1.807, 2.05) is 0 Å². The van der Waals surface area contributed by atoms with Gasteiger partial charge in [0.2, 0.25) is 0 Å². The third-order valence-electron chi connectivity index (χ3n) is 3.42. The van der Waals surface area contributed by atoms with E-state index in [4.69, 9.17) is 4.74 Å². The summed E-state index contributed by atoms with van der Waals surface area (Å²) in [4.78, 5) is 33.5. The average molecular weight is 344 g/mol. The number of carbonyl (C=O) groups excluding carboxylic acids is 1. The molecule has 0 heterocycles. The molecule has 2 aromatic carbocycles. The normalized spacial score (nSPS) is 11.4. The number of para-hydroxylation sites is 1. The van der Waals surface area contributed by atoms with Gasteiger partial charge < -0.3 is 15.2 Å². The zero-order valence-electron chi connectivity index (χ0n) is 13.1. The van der Waals surface area contributed by atoms with E-state index in [0.717, 1.165) is 5.56 Å². The minimum absolute atomic E-state index is 0.0940. The molecule has 2 rings (SSSR count). The summed E-state index contributed by atoms with van der Waals surface area (Å²) in [7, 11) is 0. The molecule has 2 N–H and O–H groups in total. The molecular weight excluding hydrogens is 328 g/mol. The van der Waals surface area contributed by atoms with Crippen LogP contribution in [0.15, 0.2) is 54.6 Å². The molecule has 8 nitrogen and oxygen atoms in total. The van der Waals surface area contributed by atoms with E-state index >= 15 is 0 Å². The molecule has 1 atom stereocenters. The van der Waals surface area contributed by atoms with Crippen molar-refractivity contribution in [2.45, 2.75) is 19.1 Å². The van der Waals surface area contributed by atoms with Gasteiger partial charge >= 0.3 is 12.1 Å². The van der Waals surface area contributed by atoms with Crippen LogP contribution in [0.2, 0.25) is 0 Å². The van der Waals surface area contributed by atoms with E-state index in [0.29, 0.717) is 0 Å². The van der Waals surface area contributed by atoms with Crippen LogP contribution < -0.4 is 5.32 Å². The zero-order chi connectivity index (χ0) is 18.2. The second kappa shape index (κ2) is 8.44. The van der Waals surface area contributed by atoms with Crippen molar-refractivity contribution in [2.75, 3.05) is 0 Å². The molecule has 2 aromatic rings. The maximum absolute atomic E-state index is 11.8. The lowest BCUT2D eigenvalue weighted by atomic mass is 10.1. The Bertz CT molecular complexity index is 763. The fraction of sp³-hybridized carbons (Fsp3) is 0.176. The number of ether oxygens (including phenoxy) is 1. The van der Waals surface area contributed by atoms with Crippen molar-refractivity contribution in [3.05, 3.63) is 75.8 Å². The van der Waals surface area contributed by atoms with Gasteiger partial charge in [-0.05, 0) is 11.6 Å². The van der Waals surface area contributed by atoms with Gasteiger partial charge in [-0.1, -0.05) is 42.5 Å². The van der Waals surface area contributed by atoms with E-state index in [1.54, 1.807) is 36.4 Å². The summed E-state index contributed by atoms with van der Waals surface area (Å²) in [6.07, 6.45) is -0.863. The molecule has 130 valence electrons. The van der Waals surface area contributed by atoms with Crippen LogP contribution in [0.25, 0.3) is 0 Å². The number of rotatable bonds is 7. The summed E-state index contributed by atoms with van der Waals surface area (Å²) in [6.45, 7) is -0.333. The highest BCUT2D eigenvalue weighted by Gasteiger charge is 2.22. The van der Waals surface area contributed by atoms with Crippen molar-refractivity contribution in [1.29, 1.82) is 0 Å². The average Bonchev–Trinajstić information content (AvgIpc) is 2.60. The van der Waals surface area contributed by atoms with Crippen molar-refractivity contribution in [3.63, 3.8) is 0 Å². The Balaban J connectivity index is 1.96. The largest absolute Gasteiger partial charge is 0.480 e. The van der Waals surface area contributed by atoms with E-state index in [1.165, 1.54) is 18.2 Å². The highest BCUT2D eigenvalue weighted by molar-refractivity contribution is 5.80. The summed E-state index contributed by atoms with van der Waals surface area (Å²) in [6, 6.07) is 13.5. The molecule has 0 spiro atoms. The van der Waals surface area contributed by atoms with Gasteiger partial charge in [0.05, 0.1) is 10.5 Å². The van der Waals surface area contributed by atoms with Gasteiger partial charge in [0, 0.05) is 12.5 Å². The highest BCUT2D eigenvalue weighted by Crippen LogP contribution is 2.18. The quantitative estimate of drug-likeness (QED) is 0.588. The van der Waals surface area contributed by atoms with Gasteiger partial charge in [-0.25, -0.2) is 9.59 Å². The predicted octanol–water partition coefficient (Wildman–Crippen LogP) is 2.52. The molecule has 0 bridgehead atoms. The van der Waals surface area contributed by atoms with E-state index in [2.05, 4.69) is 5.32 Å². The SMILES string of the molecule is O=C(N[C@H](Cc1ccccc1)C(=O)O)OCc1ccccc1[N+](=O)[O-]. The fourth-order valence-electron chi connectivity index (χ4n) is 2.19. The van der Waals surface area contributed by atoms with Gasteiger partial charge in [0.25, 0.3) is 5.69 Å². The number of hydrogen-bond donors (Lipinski definition) is 2. The van der Waals surface area contributed by atoms with Crippen molar-refractivity contribution in [1.82, 2.24) is 5.32 Å². The minimum Gasteiger partial charge on any atom is -0.480 e.